The number of aromatic amines is 1. The largest absolute Gasteiger partial charge is 0.326 e. The van der Waals surface area contributed by atoms with E-state index in [1.54, 1.807) is 10.8 Å². The molecule has 0 aliphatic carbocycles. The molecular weight excluding hydrogens is 214 g/mol. The van der Waals surface area contributed by atoms with E-state index in [2.05, 4.69) is 9.97 Å². The second kappa shape index (κ2) is 3.90. The minimum Gasteiger partial charge on any atom is -0.306 e. The number of nitrogens with zero attached hydrogens (tertiary/aromatic N) is 2. The molecule has 0 unspecified atom stereocenters. The molecule has 0 fully saturated rings. The Morgan fingerprint density at radius 3 is 2.76 bits per heavy atom. The van der Waals surface area contributed by atoms with Crippen molar-refractivity contribution in [3.05, 3.63) is 64.8 Å². The van der Waals surface area contributed by atoms with Crippen LogP contribution in [0.1, 0.15) is 5.69 Å². The first-order valence-corrected chi connectivity index (χ1v) is 5.42. The first-order valence-electron chi connectivity index (χ1n) is 5.42. The van der Waals surface area contributed by atoms with Crippen LogP contribution in [0.2, 0.25) is 0 Å². The Labute approximate surface area is 97.6 Å². The van der Waals surface area contributed by atoms with Crippen molar-refractivity contribution in [1.82, 2.24) is 14.5 Å². The number of benzene rings is 1. The van der Waals surface area contributed by atoms with E-state index in [9.17, 15) is 4.79 Å². The average Bonchev–Trinajstić information content (AvgIpc) is 2.68. The number of pyridine rings is 1. The number of hydrogen-bond donors (Lipinski definition) is 1. The highest BCUT2D eigenvalue weighted by molar-refractivity contribution is 5.74. The van der Waals surface area contributed by atoms with Crippen LogP contribution in [0.3, 0.4) is 0 Å². The van der Waals surface area contributed by atoms with Crippen LogP contribution in [0, 0.1) is 0 Å². The normalized spacial score (nSPS) is 10.8. The summed E-state index contributed by atoms with van der Waals surface area (Å²) in [5.74, 6) is 0. The summed E-state index contributed by atoms with van der Waals surface area (Å²) in [4.78, 5) is 18.9. The minimum absolute atomic E-state index is 0.100. The van der Waals surface area contributed by atoms with Gasteiger partial charge in [-0.15, -0.1) is 0 Å². The van der Waals surface area contributed by atoms with Crippen molar-refractivity contribution >= 4 is 11.0 Å². The van der Waals surface area contributed by atoms with Gasteiger partial charge in [0.15, 0.2) is 0 Å². The molecule has 4 heteroatoms. The zero-order chi connectivity index (χ0) is 11.7. The Morgan fingerprint density at radius 1 is 1.12 bits per heavy atom. The van der Waals surface area contributed by atoms with E-state index < -0.39 is 0 Å². The van der Waals surface area contributed by atoms with Crippen molar-refractivity contribution in [2.24, 2.45) is 0 Å². The number of hydrogen-bond acceptors (Lipinski definition) is 2. The van der Waals surface area contributed by atoms with Gasteiger partial charge in [-0.3, -0.25) is 9.55 Å². The summed E-state index contributed by atoms with van der Waals surface area (Å²) in [6.45, 7) is 0.490. The van der Waals surface area contributed by atoms with E-state index in [1.807, 2.05) is 42.5 Å². The third kappa shape index (κ3) is 1.73. The molecule has 1 aromatic carbocycles. The van der Waals surface area contributed by atoms with Crippen molar-refractivity contribution in [3.8, 4) is 0 Å². The van der Waals surface area contributed by atoms with Crippen LogP contribution in [0.5, 0.6) is 0 Å². The number of rotatable bonds is 2. The zero-order valence-electron chi connectivity index (χ0n) is 9.13. The molecule has 3 aromatic rings. The maximum absolute atomic E-state index is 11.8. The Morgan fingerprint density at radius 2 is 1.94 bits per heavy atom. The Kier molecular flexibility index (Phi) is 2.26. The molecule has 0 saturated heterocycles. The fraction of sp³-hybridized carbons (Fsp3) is 0.0769. The molecule has 0 bridgehead atoms. The van der Waals surface area contributed by atoms with Crippen LogP contribution in [0.15, 0.2) is 53.5 Å². The van der Waals surface area contributed by atoms with Crippen LogP contribution in [-0.4, -0.2) is 14.5 Å². The summed E-state index contributed by atoms with van der Waals surface area (Å²) in [5, 5.41) is 0. The maximum Gasteiger partial charge on any atom is 0.326 e. The molecule has 0 aliphatic rings. The molecule has 0 atom stereocenters. The molecule has 0 spiro atoms. The van der Waals surface area contributed by atoms with Crippen LogP contribution in [0.4, 0.5) is 0 Å². The van der Waals surface area contributed by atoms with Gasteiger partial charge >= 0.3 is 5.69 Å². The third-order valence-electron chi connectivity index (χ3n) is 2.73. The van der Waals surface area contributed by atoms with E-state index in [4.69, 9.17) is 0 Å². The van der Waals surface area contributed by atoms with Crippen molar-refractivity contribution in [2.75, 3.05) is 0 Å². The highest BCUT2D eigenvalue weighted by atomic mass is 16.1. The van der Waals surface area contributed by atoms with Gasteiger partial charge < -0.3 is 4.98 Å². The highest BCUT2D eigenvalue weighted by Gasteiger charge is 2.06. The highest BCUT2D eigenvalue weighted by Crippen LogP contribution is 2.10. The van der Waals surface area contributed by atoms with Gasteiger partial charge in [0, 0.05) is 6.20 Å². The van der Waals surface area contributed by atoms with Crippen LogP contribution in [-0.2, 0) is 6.54 Å². The first-order chi connectivity index (χ1) is 8.34. The molecule has 0 radical (unpaired) electrons. The SMILES string of the molecule is O=c1[nH]c2ccccc2n1Cc1ccccn1. The van der Waals surface area contributed by atoms with E-state index in [1.165, 1.54) is 0 Å². The van der Waals surface area contributed by atoms with Crippen molar-refractivity contribution in [1.29, 1.82) is 0 Å². The standard InChI is InChI=1S/C13H11N3O/c17-13-15-11-6-1-2-7-12(11)16(13)9-10-5-3-4-8-14-10/h1-8H,9H2,(H,15,17). The molecule has 17 heavy (non-hydrogen) atoms. The number of nitrogens with one attached hydrogen (secondary N) is 1. The molecule has 2 heterocycles. The smallest absolute Gasteiger partial charge is 0.306 e. The van der Waals surface area contributed by atoms with Crippen LogP contribution < -0.4 is 5.69 Å². The third-order valence-corrected chi connectivity index (χ3v) is 2.73. The monoisotopic (exact) mass is 225 g/mol. The predicted octanol–water partition coefficient (Wildman–Crippen LogP) is 1.77. The minimum atomic E-state index is -0.100. The van der Waals surface area contributed by atoms with Crippen LogP contribution in [0.25, 0.3) is 11.0 Å². The van der Waals surface area contributed by atoms with Gasteiger partial charge in [-0.1, -0.05) is 18.2 Å². The Hall–Kier alpha value is -2.36. The summed E-state index contributed by atoms with van der Waals surface area (Å²) >= 11 is 0. The number of para-hydroxylation sites is 2. The Balaban J connectivity index is 2.12. The molecule has 2 aromatic heterocycles. The van der Waals surface area contributed by atoms with Gasteiger partial charge in [0.25, 0.3) is 0 Å². The molecule has 0 amide bonds. The van der Waals surface area contributed by atoms with Gasteiger partial charge in [-0.2, -0.15) is 0 Å². The number of aromatic nitrogens is 3. The molecule has 4 nitrogen and oxygen atoms in total. The fourth-order valence-electron chi connectivity index (χ4n) is 1.92. The van der Waals surface area contributed by atoms with E-state index in [-0.39, 0.29) is 5.69 Å². The summed E-state index contributed by atoms with van der Waals surface area (Å²) < 4.78 is 1.69. The number of H-pyrrole nitrogens is 1. The quantitative estimate of drug-likeness (QED) is 0.722. The van der Waals surface area contributed by atoms with Gasteiger partial charge in [0.05, 0.1) is 23.3 Å². The van der Waals surface area contributed by atoms with E-state index in [0.29, 0.717) is 6.54 Å². The zero-order valence-corrected chi connectivity index (χ0v) is 9.13. The van der Waals surface area contributed by atoms with Crippen molar-refractivity contribution in [3.63, 3.8) is 0 Å². The van der Waals surface area contributed by atoms with Gasteiger partial charge in [0.1, 0.15) is 0 Å². The Bertz CT molecular complexity index is 697. The molecule has 0 aliphatic heterocycles. The average molecular weight is 225 g/mol. The summed E-state index contributed by atoms with van der Waals surface area (Å²) in [5.41, 5.74) is 2.53. The first kappa shape index (κ1) is 9.84. The lowest BCUT2D eigenvalue weighted by molar-refractivity contribution is 0.765. The van der Waals surface area contributed by atoms with Crippen molar-refractivity contribution < 1.29 is 0 Å². The predicted molar refractivity (Wildman–Crippen MR) is 65.9 cm³/mol. The lowest BCUT2D eigenvalue weighted by Gasteiger charge is -2.02. The van der Waals surface area contributed by atoms with Crippen LogP contribution >= 0.6 is 0 Å². The van der Waals surface area contributed by atoms with E-state index in [0.717, 1.165) is 16.7 Å². The number of imidazole rings is 1. The lowest BCUT2D eigenvalue weighted by Crippen LogP contribution is -2.17. The lowest BCUT2D eigenvalue weighted by atomic mass is 10.3. The van der Waals surface area contributed by atoms with Gasteiger partial charge in [0.2, 0.25) is 0 Å². The molecule has 84 valence electrons. The molecule has 3 rings (SSSR count). The summed E-state index contributed by atoms with van der Waals surface area (Å²) in [6.07, 6.45) is 1.73. The molecular formula is C13H11N3O. The molecule has 0 saturated carbocycles. The summed E-state index contributed by atoms with van der Waals surface area (Å²) in [6, 6.07) is 13.3. The second-order valence-corrected chi connectivity index (χ2v) is 3.85. The fourth-order valence-corrected chi connectivity index (χ4v) is 1.92. The molecule has 1 N–H and O–H groups in total. The summed E-state index contributed by atoms with van der Waals surface area (Å²) in [7, 11) is 0. The van der Waals surface area contributed by atoms with Crippen molar-refractivity contribution in [2.45, 2.75) is 6.54 Å². The second-order valence-electron chi connectivity index (χ2n) is 3.85. The topological polar surface area (TPSA) is 50.7 Å². The maximum atomic E-state index is 11.8. The van der Waals surface area contributed by atoms with E-state index >= 15 is 0 Å². The van der Waals surface area contributed by atoms with Gasteiger partial charge in [-0.05, 0) is 24.3 Å². The van der Waals surface area contributed by atoms with Gasteiger partial charge in [-0.25, -0.2) is 4.79 Å². The number of fused-ring (bicyclic) bond motifs is 1.